The molecule has 1 fully saturated rings. The monoisotopic (exact) mass is 522 g/mol. The lowest BCUT2D eigenvalue weighted by molar-refractivity contribution is 0.242. The van der Waals surface area contributed by atoms with Gasteiger partial charge in [0.25, 0.3) is 0 Å². The van der Waals surface area contributed by atoms with Crippen LogP contribution in [0.2, 0.25) is 0 Å². The summed E-state index contributed by atoms with van der Waals surface area (Å²) in [6.07, 6.45) is 9.34. The third kappa shape index (κ3) is 3.51. The lowest BCUT2D eigenvalue weighted by Gasteiger charge is -2.37. The molecule has 2 bridgehead atoms. The van der Waals surface area contributed by atoms with E-state index in [1.165, 1.54) is 22.9 Å². The highest BCUT2D eigenvalue weighted by atomic mass is 32.2. The first-order valence-electron chi connectivity index (χ1n) is 11.9. The number of halogens is 2. The molecule has 3 heterocycles. The molecule has 37 heavy (non-hydrogen) atoms. The van der Waals surface area contributed by atoms with Crippen molar-refractivity contribution in [2.45, 2.75) is 43.9 Å². The third-order valence-corrected chi connectivity index (χ3v) is 8.70. The van der Waals surface area contributed by atoms with E-state index in [1.54, 1.807) is 30.9 Å². The Morgan fingerprint density at radius 3 is 2.57 bits per heavy atom. The Balaban J connectivity index is 1.45. The highest BCUT2D eigenvalue weighted by molar-refractivity contribution is 7.89. The van der Waals surface area contributed by atoms with Crippen molar-refractivity contribution in [2.75, 3.05) is 6.26 Å². The SMILES string of the molecule is CC1(C)[C@H]2CC[C@@]1(c1cncc(-c3cnn(CS(C)(=O)=O)c3)n1)c1nnc(-c3c(F)cccc3F)cc12. The zero-order chi connectivity index (χ0) is 26.2. The molecule has 0 saturated heterocycles. The summed E-state index contributed by atoms with van der Waals surface area (Å²) in [6, 6.07) is 5.52. The van der Waals surface area contributed by atoms with Crippen LogP contribution in [-0.4, -0.2) is 44.6 Å². The fourth-order valence-corrected chi connectivity index (χ4v) is 6.90. The van der Waals surface area contributed by atoms with Crippen molar-refractivity contribution in [1.29, 1.82) is 0 Å². The maximum atomic E-state index is 14.5. The van der Waals surface area contributed by atoms with Crippen LogP contribution in [0.15, 0.2) is 49.1 Å². The first kappa shape index (κ1) is 23.8. The Hall–Kier alpha value is -3.60. The smallest absolute Gasteiger partial charge is 0.167 e. The van der Waals surface area contributed by atoms with Crippen LogP contribution in [0.3, 0.4) is 0 Å². The Bertz CT molecular complexity index is 1650. The van der Waals surface area contributed by atoms with E-state index in [2.05, 4.69) is 34.1 Å². The minimum absolute atomic E-state index is 0.106. The molecule has 0 aliphatic heterocycles. The average molecular weight is 523 g/mol. The van der Waals surface area contributed by atoms with Gasteiger partial charge in [0.1, 0.15) is 17.5 Å². The molecule has 0 spiro atoms. The molecule has 6 rings (SSSR count). The van der Waals surface area contributed by atoms with Gasteiger partial charge in [-0.1, -0.05) is 19.9 Å². The number of rotatable bonds is 5. The molecule has 11 heteroatoms. The van der Waals surface area contributed by atoms with Crippen LogP contribution in [0.5, 0.6) is 0 Å². The molecular formula is C26H24F2N6O2S. The second kappa shape index (κ2) is 7.95. The first-order valence-corrected chi connectivity index (χ1v) is 13.9. The average Bonchev–Trinajstić information content (AvgIpc) is 3.45. The summed E-state index contributed by atoms with van der Waals surface area (Å²) >= 11 is 0. The number of hydrogen-bond acceptors (Lipinski definition) is 7. The van der Waals surface area contributed by atoms with Gasteiger partial charge >= 0.3 is 0 Å². The van der Waals surface area contributed by atoms with Crippen LogP contribution in [0.4, 0.5) is 8.78 Å². The largest absolute Gasteiger partial charge is 0.261 e. The minimum Gasteiger partial charge on any atom is -0.261 e. The molecule has 2 aliphatic carbocycles. The van der Waals surface area contributed by atoms with Crippen LogP contribution < -0.4 is 0 Å². The van der Waals surface area contributed by atoms with Gasteiger partial charge in [0.2, 0.25) is 0 Å². The Morgan fingerprint density at radius 2 is 1.84 bits per heavy atom. The van der Waals surface area contributed by atoms with E-state index in [-0.39, 0.29) is 28.5 Å². The number of nitrogens with zero attached hydrogens (tertiary/aromatic N) is 6. The van der Waals surface area contributed by atoms with Gasteiger partial charge in [-0.25, -0.2) is 22.2 Å². The second-order valence-corrected chi connectivity index (χ2v) is 12.6. The van der Waals surface area contributed by atoms with E-state index in [1.807, 2.05) is 0 Å². The number of sulfone groups is 1. The summed E-state index contributed by atoms with van der Waals surface area (Å²) in [5.74, 6) is -1.48. The van der Waals surface area contributed by atoms with Crippen molar-refractivity contribution in [3.8, 4) is 22.5 Å². The summed E-state index contributed by atoms with van der Waals surface area (Å²) < 4.78 is 53.7. The maximum Gasteiger partial charge on any atom is 0.167 e. The summed E-state index contributed by atoms with van der Waals surface area (Å²) in [6.45, 7) is 4.32. The van der Waals surface area contributed by atoms with Crippen LogP contribution in [0.1, 0.15) is 49.6 Å². The molecule has 2 aliphatic rings. The van der Waals surface area contributed by atoms with E-state index < -0.39 is 26.9 Å². The van der Waals surface area contributed by atoms with Crippen molar-refractivity contribution < 1.29 is 17.2 Å². The molecule has 1 aromatic carbocycles. The minimum atomic E-state index is -3.25. The van der Waals surface area contributed by atoms with Gasteiger partial charge in [0.15, 0.2) is 9.84 Å². The van der Waals surface area contributed by atoms with Gasteiger partial charge in [0.05, 0.1) is 46.1 Å². The van der Waals surface area contributed by atoms with E-state index in [0.29, 0.717) is 11.3 Å². The molecule has 2 atom stereocenters. The molecule has 0 N–H and O–H groups in total. The number of benzene rings is 1. The highest BCUT2D eigenvalue weighted by Gasteiger charge is 2.65. The zero-order valence-electron chi connectivity index (χ0n) is 20.5. The van der Waals surface area contributed by atoms with Gasteiger partial charge in [0, 0.05) is 24.2 Å². The van der Waals surface area contributed by atoms with E-state index in [4.69, 9.17) is 4.98 Å². The molecule has 1 saturated carbocycles. The van der Waals surface area contributed by atoms with Crippen molar-refractivity contribution >= 4 is 9.84 Å². The standard InChI is InChI=1S/C26H24F2N6O2S/c1-25(2)17-7-8-26(25,24-16(17)9-20(32-33-24)23-18(27)5-4-6-19(23)28)22-12-29-11-21(31-22)15-10-30-34(13-15)14-37(3,35)36/h4-6,9-13,17H,7-8,14H2,1-3H3/t17-,26+/m0/s1. The Labute approximate surface area is 212 Å². The lowest BCUT2D eigenvalue weighted by atomic mass is 9.66. The van der Waals surface area contributed by atoms with Gasteiger partial charge in [-0.05, 0) is 47.9 Å². The maximum absolute atomic E-state index is 14.5. The fourth-order valence-electron chi connectivity index (χ4n) is 6.27. The van der Waals surface area contributed by atoms with Crippen LogP contribution in [-0.2, 0) is 21.1 Å². The third-order valence-electron chi connectivity index (χ3n) is 7.97. The van der Waals surface area contributed by atoms with E-state index in [9.17, 15) is 17.2 Å². The van der Waals surface area contributed by atoms with E-state index in [0.717, 1.165) is 36.0 Å². The van der Waals surface area contributed by atoms with Crippen molar-refractivity contribution in [1.82, 2.24) is 29.9 Å². The number of hydrogen-bond donors (Lipinski definition) is 0. The molecule has 4 aromatic rings. The van der Waals surface area contributed by atoms with Crippen molar-refractivity contribution in [3.63, 3.8) is 0 Å². The second-order valence-electron chi connectivity index (χ2n) is 10.5. The lowest BCUT2D eigenvalue weighted by Crippen LogP contribution is -2.38. The summed E-state index contributed by atoms with van der Waals surface area (Å²) in [5, 5.41) is 13.0. The molecule has 8 nitrogen and oxygen atoms in total. The Kier molecular flexibility index (Phi) is 5.11. The van der Waals surface area contributed by atoms with Gasteiger partial charge < -0.3 is 0 Å². The summed E-state index contributed by atoms with van der Waals surface area (Å²) in [7, 11) is -3.25. The molecular weight excluding hydrogens is 498 g/mol. The van der Waals surface area contributed by atoms with Gasteiger partial charge in [-0.3, -0.25) is 9.67 Å². The predicted molar refractivity (Wildman–Crippen MR) is 132 cm³/mol. The molecule has 190 valence electrons. The first-order chi connectivity index (χ1) is 17.5. The molecule has 0 radical (unpaired) electrons. The molecule has 3 aromatic heterocycles. The Morgan fingerprint density at radius 1 is 1.08 bits per heavy atom. The summed E-state index contributed by atoms with van der Waals surface area (Å²) in [5.41, 5.74) is 2.74. The van der Waals surface area contributed by atoms with Crippen LogP contribution in [0.25, 0.3) is 22.5 Å². The van der Waals surface area contributed by atoms with Crippen molar-refractivity contribution in [2.24, 2.45) is 5.41 Å². The normalized spacial score (nSPS) is 21.8. The molecule has 0 amide bonds. The van der Waals surface area contributed by atoms with Crippen LogP contribution >= 0.6 is 0 Å². The molecule has 0 unspecified atom stereocenters. The van der Waals surface area contributed by atoms with Gasteiger partial charge in [-0.2, -0.15) is 10.2 Å². The fraction of sp³-hybridized carbons (Fsp3) is 0.346. The van der Waals surface area contributed by atoms with Gasteiger partial charge in [-0.15, -0.1) is 5.10 Å². The highest BCUT2D eigenvalue weighted by Crippen LogP contribution is 2.69. The quantitative estimate of drug-likeness (QED) is 0.385. The van der Waals surface area contributed by atoms with Crippen LogP contribution in [0, 0.1) is 17.0 Å². The van der Waals surface area contributed by atoms with E-state index >= 15 is 0 Å². The number of aromatic nitrogens is 6. The topological polar surface area (TPSA) is 104 Å². The van der Waals surface area contributed by atoms with Crippen molar-refractivity contribution in [3.05, 3.63) is 77.6 Å². The predicted octanol–water partition coefficient (Wildman–Crippen LogP) is 4.28. The summed E-state index contributed by atoms with van der Waals surface area (Å²) in [4.78, 5) is 9.42. The zero-order valence-corrected chi connectivity index (χ0v) is 21.3. The number of fused-ring (bicyclic) bond motifs is 5.